The third-order valence-electron chi connectivity index (χ3n) is 3.41. The zero-order valence-corrected chi connectivity index (χ0v) is 12.7. The quantitative estimate of drug-likeness (QED) is 0.841. The molecule has 0 aliphatic rings. The highest BCUT2D eigenvalue weighted by Gasteiger charge is 2.13. The van der Waals surface area contributed by atoms with Gasteiger partial charge in [-0.15, -0.1) is 0 Å². The Morgan fingerprint density at radius 2 is 2.05 bits per heavy atom. The van der Waals surface area contributed by atoms with Crippen LogP contribution in [0, 0.1) is 19.7 Å². The molecule has 0 radical (unpaired) electrons. The molecule has 0 N–H and O–H groups in total. The molecule has 0 aliphatic carbocycles. The van der Waals surface area contributed by atoms with Crippen molar-refractivity contribution in [2.75, 3.05) is 13.6 Å². The van der Waals surface area contributed by atoms with Crippen LogP contribution in [0.25, 0.3) is 0 Å². The summed E-state index contributed by atoms with van der Waals surface area (Å²) in [6.45, 7) is 5.27. The molecule has 1 heterocycles. The van der Waals surface area contributed by atoms with Crippen LogP contribution in [0.4, 0.5) is 4.39 Å². The lowest BCUT2D eigenvalue weighted by Crippen LogP contribution is -2.21. The van der Waals surface area contributed by atoms with Crippen LogP contribution in [0.1, 0.15) is 22.6 Å². The Labute approximate surface area is 123 Å². The van der Waals surface area contributed by atoms with Gasteiger partial charge in [-0.25, -0.2) is 4.39 Å². The van der Waals surface area contributed by atoms with Gasteiger partial charge in [0.2, 0.25) is 0 Å². The topological polar surface area (TPSA) is 29.3 Å². The van der Waals surface area contributed by atoms with E-state index in [1.54, 1.807) is 12.1 Å². The Balaban J connectivity index is 1.98. The number of halogens is 2. The van der Waals surface area contributed by atoms with Crippen molar-refractivity contribution in [3.05, 3.63) is 51.6 Å². The lowest BCUT2D eigenvalue weighted by molar-refractivity contribution is 0.325. The summed E-state index contributed by atoms with van der Waals surface area (Å²) in [7, 11) is 1.99. The van der Waals surface area contributed by atoms with E-state index in [-0.39, 0.29) is 5.82 Å². The van der Waals surface area contributed by atoms with Crippen molar-refractivity contribution >= 4 is 11.6 Å². The second kappa shape index (κ2) is 6.37. The Kier molecular flexibility index (Phi) is 4.78. The van der Waals surface area contributed by atoms with Crippen LogP contribution in [0.2, 0.25) is 5.02 Å². The zero-order chi connectivity index (χ0) is 14.7. The molecule has 108 valence electrons. The molecule has 3 nitrogen and oxygen atoms in total. The summed E-state index contributed by atoms with van der Waals surface area (Å²) in [5, 5.41) is 4.42. The van der Waals surface area contributed by atoms with Gasteiger partial charge in [0.25, 0.3) is 0 Å². The number of hydrogen-bond acceptors (Lipinski definition) is 3. The minimum Gasteiger partial charge on any atom is -0.361 e. The van der Waals surface area contributed by atoms with Gasteiger partial charge in [0, 0.05) is 29.2 Å². The second-order valence-corrected chi connectivity index (χ2v) is 5.40. The summed E-state index contributed by atoms with van der Waals surface area (Å²) in [6, 6.07) is 4.78. The maximum atomic E-state index is 13.7. The first-order valence-electron chi connectivity index (χ1n) is 6.52. The fraction of sp³-hybridized carbons (Fsp3) is 0.400. The average Bonchev–Trinajstić information content (AvgIpc) is 2.70. The van der Waals surface area contributed by atoms with Gasteiger partial charge in [0.05, 0.1) is 5.69 Å². The van der Waals surface area contributed by atoms with Crippen LogP contribution in [-0.2, 0) is 13.0 Å². The Morgan fingerprint density at radius 3 is 2.65 bits per heavy atom. The van der Waals surface area contributed by atoms with E-state index in [1.165, 1.54) is 6.07 Å². The molecule has 20 heavy (non-hydrogen) atoms. The minimum absolute atomic E-state index is 0.247. The highest BCUT2D eigenvalue weighted by molar-refractivity contribution is 6.31. The number of aromatic nitrogens is 1. The van der Waals surface area contributed by atoms with Crippen molar-refractivity contribution in [1.82, 2.24) is 10.1 Å². The number of rotatable bonds is 5. The number of benzene rings is 1. The molecule has 5 heteroatoms. The van der Waals surface area contributed by atoms with Crippen LogP contribution in [0.15, 0.2) is 22.7 Å². The van der Waals surface area contributed by atoms with Crippen LogP contribution >= 0.6 is 11.6 Å². The second-order valence-electron chi connectivity index (χ2n) is 4.99. The molecule has 0 bridgehead atoms. The Hall–Kier alpha value is -1.39. The molecule has 1 aromatic heterocycles. The van der Waals surface area contributed by atoms with Gasteiger partial charge in [-0.3, -0.25) is 0 Å². The van der Waals surface area contributed by atoms with Gasteiger partial charge in [-0.1, -0.05) is 22.8 Å². The first kappa shape index (κ1) is 15.0. The van der Waals surface area contributed by atoms with Gasteiger partial charge in [0.15, 0.2) is 0 Å². The number of hydrogen-bond donors (Lipinski definition) is 0. The van der Waals surface area contributed by atoms with Crippen molar-refractivity contribution in [2.24, 2.45) is 0 Å². The summed E-state index contributed by atoms with van der Waals surface area (Å²) in [6.07, 6.45) is 0.575. The summed E-state index contributed by atoms with van der Waals surface area (Å²) >= 11 is 6.02. The molecule has 2 rings (SSSR count). The lowest BCUT2D eigenvalue weighted by atomic mass is 10.1. The predicted octanol–water partition coefficient (Wildman–Crippen LogP) is 3.76. The zero-order valence-electron chi connectivity index (χ0n) is 11.9. The van der Waals surface area contributed by atoms with Gasteiger partial charge < -0.3 is 9.42 Å². The summed E-state index contributed by atoms with van der Waals surface area (Å²) in [4.78, 5) is 2.11. The number of likely N-dealkylation sites (N-methyl/N-ethyl adjacent to an activating group) is 1. The maximum absolute atomic E-state index is 13.7. The van der Waals surface area contributed by atoms with E-state index in [0.717, 1.165) is 23.6 Å². The van der Waals surface area contributed by atoms with Crippen molar-refractivity contribution in [2.45, 2.75) is 26.8 Å². The molecule has 0 fully saturated rings. The molecule has 0 spiro atoms. The van der Waals surface area contributed by atoms with E-state index in [1.807, 2.05) is 20.9 Å². The number of nitrogens with zero attached hydrogens (tertiary/aromatic N) is 2. The molecule has 0 saturated heterocycles. The van der Waals surface area contributed by atoms with E-state index >= 15 is 0 Å². The summed E-state index contributed by atoms with van der Waals surface area (Å²) in [5.74, 6) is 0.585. The summed E-state index contributed by atoms with van der Waals surface area (Å²) in [5.41, 5.74) is 2.56. The minimum atomic E-state index is -0.247. The van der Waals surface area contributed by atoms with Crippen molar-refractivity contribution < 1.29 is 8.91 Å². The monoisotopic (exact) mass is 296 g/mol. The van der Waals surface area contributed by atoms with Gasteiger partial charge in [-0.05, 0) is 39.4 Å². The standard InChI is InChI=1S/C15H18ClFN2O/c1-10-13(11(2)20-18-10)9-19(3)8-7-12-14(16)5-4-6-15(12)17/h4-6H,7-9H2,1-3H3. The largest absolute Gasteiger partial charge is 0.361 e. The van der Waals surface area contributed by atoms with E-state index in [4.69, 9.17) is 16.1 Å². The molecule has 0 amide bonds. The third-order valence-corrected chi connectivity index (χ3v) is 3.77. The fourth-order valence-corrected chi connectivity index (χ4v) is 2.41. The highest BCUT2D eigenvalue weighted by atomic mass is 35.5. The first-order chi connectivity index (χ1) is 9.49. The Morgan fingerprint density at radius 1 is 1.30 bits per heavy atom. The normalized spacial score (nSPS) is 11.3. The molecule has 1 aromatic carbocycles. The smallest absolute Gasteiger partial charge is 0.138 e. The molecular formula is C15H18ClFN2O. The maximum Gasteiger partial charge on any atom is 0.138 e. The van der Waals surface area contributed by atoms with Gasteiger partial charge >= 0.3 is 0 Å². The molecule has 2 aromatic rings. The number of aryl methyl sites for hydroxylation is 2. The van der Waals surface area contributed by atoms with Crippen molar-refractivity contribution in [3.8, 4) is 0 Å². The molecule has 0 unspecified atom stereocenters. The molecular weight excluding hydrogens is 279 g/mol. The van der Waals surface area contributed by atoms with E-state index < -0.39 is 0 Å². The van der Waals surface area contributed by atoms with E-state index in [0.29, 0.717) is 23.6 Å². The van der Waals surface area contributed by atoms with Crippen molar-refractivity contribution in [3.63, 3.8) is 0 Å². The van der Waals surface area contributed by atoms with Crippen LogP contribution < -0.4 is 0 Å². The van der Waals surface area contributed by atoms with E-state index in [9.17, 15) is 4.39 Å². The van der Waals surface area contributed by atoms with Gasteiger partial charge in [0.1, 0.15) is 11.6 Å². The molecule has 0 atom stereocenters. The average molecular weight is 297 g/mol. The SMILES string of the molecule is Cc1noc(C)c1CN(C)CCc1c(F)cccc1Cl. The third kappa shape index (κ3) is 3.38. The fourth-order valence-electron chi connectivity index (χ4n) is 2.15. The predicted molar refractivity (Wildman–Crippen MR) is 77.4 cm³/mol. The Bertz CT molecular complexity index is 558. The van der Waals surface area contributed by atoms with Crippen LogP contribution in [0.5, 0.6) is 0 Å². The molecule has 0 saturated carbocycles. The van der Waals surface area contributed by atoms with Crippen LogP contribution in [-0.4, -0.2) is 23.6 Å². The van der Waals surface area contributed by atoms with Gasteiger partial charge in [-0.2, -0.15) is 0 Å². The molecule has 0 aliphatic heterocycles. The lowest BCUT2D eigenvalue weighted by Gasteiger charge is -2.17. The van der Waals surface area contributed by atoms with Crippen molar-refractivity contribution in [1.29, 1.82) is 0 Å². The van der Waals surface area contributed by atoms with E-state index in [2.05, 4.69) is 10.1 Å². The first-order valence-corrected chi connectivity index (χ1v) is 6.90. The van der Waals surface area contributed by atoms with Crippen LogP contribution in [0.3, 0.4) is 0 Å². The highest BCUT2D eigenvalue weighted by Crippen LogP contribution is 2.20. The summed E-state index contributed by atoms with van der Waals surface area (Å²) < 4.78 is 18.8.